The predicted octanol–water partition coefficient (Wildman–Crippen LogP) is 2.90. The second-order valence-corrected chi connectivity index (χ2v) is 7.85. The molecule has 1 aliphatic heterocycles. The molecule has 3 nitrogen and oxygen atoms in total. The molecule has 1 N–H and O–H groups in total. The number of nitrogens with zero attached hydrogens (tertiary/aromatic N) is 1. The average Bonchev–Trinajstić information content (AvgIpc) is 3.20. The molecular formula is C17H34N2O. The minimum absolute atomic E-state index is 0.00647. The van der Waals surface area contributed by atoms with Crippen LogP contribution in [0.5, 0.6) is 0 Å². The first-order valence-electron chi connectivity index (χ1n) is 8.44. The second kappa shape index (κ2) is 6.76. The fourth-order valence-corrected chi connectivity index (χ4v) is 3.34. The molecule has 1 aliphatic carbocycles. The number of hydrogen-bond donors (Lipinski definition) is 1. The highest BCUT2D eigenvalue weighted by atomic mass is 16.5. The molecule has 3 heteroatoms. The predicted molar refractivity (Wildman–Crippen MR) is 85.0 cm³/mol. The maximum Gasteiger partial charge on any atom is 0.0634 e. The molecular weight excluding hydrogens is 248 g/mol. The van der Waals surface area contributed by atoms with Gasteiger partial charge in [-0.1, -0.05) is 13.8 Å². The van der Waals surface area contributed by atoms with E-state index in [9.17, 15) is 0 Å². The number of methoxy groups -OCH3 is 1. The zero-order valence-electron chi connectivity index (χ0n) is 14.1. The molecule has 20 heavy (non-hydrogen) atoms. The van der Waals surface area contributed by atoms with Crippen LogP contribution in [-0.4, -0.2) is 49.3 Å². The van der Waals surface area contributed by atoms with Gasteiger partial charge in [-0.25, -0.2) is 0 Å². The molecule has 0 aromatic rings. The van der Waals surface area contributed by atoms with Gasteiger partial charge in [-0.15, -0.1) is 0 Å². The quantitative estimate of drug-likeness (QED) is 0.777. The summed E-state index contributed by atoms with van der Waals surface area (Å²) in [6.45, 7) is 12.6. The number of rotatable bonds is 7. The van der Waals surface area contributed by atoms with E-state index in [2.05, 4.69) is 37.9 Å². The maximum atomic E-state index is 5.59. The fraction of sp³-hybridized carbons (Fsp3) is 1.00. The van der Waals surface area contributed by atoms with Crippen LogP contribution in [0, 0.1) is 11.8 Å². The van der Waals surface area contributed by atoms with E-state index in [1.807, 2.05) is 7.11 Å². The Morgan fingerprint density at radius 1 is 1.30 bits per heavy atom. The van der Waals surface area contributed by atoms with Crippen LogP contribution in [0.2, 0.25) is 0 Å². The molecule has 1 saturated heterocycles. The molecule has 0 bridgehead atoms. The highest BCUT2D eigenvalue weighted by Gasteiger charge is 2.39. The minimum atomic E-state index is 0.00647. The van der Waals surface area contributed by atoms with Crippen LogP contribution in [0.4, 0.5) is 0 Å². The molecule has 0 radical (unpaired) electrons. The van der Waals surface area contributed by atoms with Gasteiger partial charge in [0.1, 0.15) is 0 Å². The molecule has 2 aliphatic rings. The lowest BCUT2D eigenvalue weighted by Gasteiger charge is -2.42. The Bertz CT molecular complexity index is 299. The number of piperazine rings is 1. The largest absolute Gasteiger partial charge is 0.379 e. The van der Waals surface area contributed by atoms with E-state index in [1.54, 1.807) is 0 Å². The van der Waals surface area contributed by atoms with E-state index >= 15 is 0 Å². The minimum Gasteiger partial charge on any atom is -0.379 e. The van der Waals surface area contributed by atoms with Gasteiger partial charge in [0, 0.05) is 38.8 Å². The Morgan fingerprint density at radius 2 is 2.00 bits per heavy atom. The van der Waals surface area contributed by atoms with Gasteiger partial charge in [0.05, 0.1) is 5.60 Å². The fourth-order valence-electron chi connectivity index (χ4n) is 3.34. The standard InChI is InChI=1S/C17H34N2O/c1-13(2)10-15-12-19(9-8-17(3,4)20-5)16(11-18-15)14-6-7-14/h13-16,18H,6-12H2,1-5H3. The summed E-state index contributed by atoms with van der Waals surface area (Å²) in [7, 11) is 1.83. The van der Waals surface area contributed by atoms with Crippen LogP contribution < -0.4 is 5.32 Å². The summed E-state index contributed by atoms with van der Waals surface area (Å²) in [5, 5.41) is 3.79. The lowest BCUT2D eigenvalue weighted by molar-refractivity contribution is -0.00239. The van der Waals surface area contributed by atoms with Gasteiger partial charge in [-0.3, -0.25) is 4.90 Å². The van der Waals surface area contributed by atoms with Crippen LogP contribution in [0.1, 0.15) is 53.4 Å². The monoisotopic (exact) mass is 282 g/mol. The molecule has 2 fully saturated rings. The first-order valence-corrected chi connectivity index (χ1v) is 8.44. The molecule has 0 aromatic heterocycles. The van der Waals surface area contributed by atoms with Crippen molar-refractivity contribution >= 4 is 0 Å². The first kappa shape index (κ1) is 16.3. The Balaban J connectivity index is 1.89. The van der Waals surface area contributed by atoms with Gasteiger partial charge in [-0.2, -0.15) is 0 Å². The van der Waals surface area contributed by atoms with Crippen molar-refractivity contribution in [1.82, 2.24) is 10.2 Å². The Hall–Kier alpha value is -0.120. The summed E-state index contributed by atoms with van der Waals surface area (Å²) in [5.74, 6) is 1.73. The number of nitrogens with one attached hydrogen (secondary N) is 1. The van der Waals surface area contributed by atoms with Gasteiger partial charge in [0.15, 0.2) is 0 Å². The van der Waals surface area contributed by atoms with E-state index in [0.717, 1.165) is 24.3 Å². The second-order valence-electron chi connectivity index (χ2n) is 7.85. The zero-order valence-corrected chi connectivity index (χ0v) is 14.1. The Labute approximate surface area is 125 Å². The maximum absolute atomic E-state index is 5.59. The average molecular weight is 282 g/mol. The van der Waals surface area contributed by atoms with E-state index in [4.69, 9.17) is 4.74 Å². The van der Waals surface area contributed by atoms with Gasteiger partial charge in [0.25, 0.3) is 0 Å². The molecule has 0 amide bonds. The summed E-state index contributed by atoms with van der Waals surface area (Å²) < 4.78 is 5.59. The van der Waals surface area contributed by atoms with Crippen molar-refractivity contribution < 1.29 is 4.74 Å². The highest BCUT2D eigenvalue weighted by molar-refractivity contribution is 4.95. The van der Waals surface area contributed by atoms with Gasteiger partial charge in [0.2, 0.25) is 0 Å². The van der Waals surface area contributed by atoms with Crippen LogP contribution in [0.15, 0.2) is 0 Å². The van der Waals surface area contributed by atoms with Crippen LogP contribution in [0.25, 0.3) is 0 Å². The summed E-state index contributed by atoms with van der Waals surface area (Å²) in [4.78, 5) is 2.75. The van der Waals surface area contributed by atoms with Gasteiger partial charge in [-0.05, 0) is 51.4 Å². The molecule has 0 spiro atoms. The zero-order chi connectivity index (χ0) is 14.8. The van der Waals surface area contributed by atoms with Crippen LogP contribution in [0.3, 0.4) is 0 Å². The van der Waals surface area contributed by atoms with Crippen molar-refractivity contribution in [3.63, 3.8) is 0 Å². The van der Waals surface area contributed by atoms with E-state index in [0.29, 0.717) is 6.04 Å². The smallest absolute Gasteiger partial charge is 0.0634 e. The third-order valence-electron chi connectivity index (χ3n) is 5.02. The van der Waals surface area contributed by atoms with E-state index in [1.165, 1.54) is 38.9 Å². The van der Waals surface area contributed by atoms with Crippen molar-refractivity contribution in [1.29, 1.82) is 0 Å². The third kappa shape index (κ3) is 4.71. The lowest BCUT2D eigenvalue weighted by Crippen LogP contribution is -2.58. The Kier molecular flexibility index (Phi) is 5.49. The third-order valence-corrected chi connectivity index (χ3v) is 5.02. The molecule has 2 unspecified atom stereocenters. The molecule has 2 rings (SSSR count). The topological polar surface area (TPSA) is 24.5 Å². The van der Waals surface area contributed by atoms with E-state index < -0.39 is 0 Å². The van der Waals surface area contributed by atoms with Crippen molar-refractivity contribution in [2.75, 3.05) is 26.7 Å². The van der Waals surface area contributed by atoms with Gasteiger partial charge >= 0.3 is 0 Å². The normalized spacial score (nSPS) is 29.1. The Morgan fingerprint density at radius 3 is 2.55 bits per heavy atom. The summed E-state index contributed by atoms with van der Waals surface area (Å²) >= 11 is 0. The summed E-state index contributed by atoms with van der Waals surface area (Å²) in [6.07, 6.45) is 5.29. The van der Waals surface area contributed by atoms with Crippen LogP contribution >= 0.6 is 0 Å². The van der Waals surface area contributed by atoms with Crippen molar-refractivity contribution in [2.45, 2.75) is 71.1 Å². The van der Waals surface area contributed by atoms with Gasteiger partial charge < -0.3 is 10.1 Å². The summed E-state index contributed by atoms with van der Waals surface area (Å²) in [6, 6.07) is 1.45. The van der Waals surface area contributed by atoms with Crippen molar-refractivity contribution in [3.05, 3.63) is 0 Å². The summed E-state index contributed by atoms with van der Waals surface area (Å²) in [5.41, 5.74) is 0.00647. The van der Waals surface area contributed by atoms with Crippen molar-refractivity contribution in [2.24, 2.45) is 11.8 Å². The van der Waals surface area contributed by atoms with Crippen LogP contribution in [-0.2, 0) is 4.74 Å². The molecule has 2 atom stereocenters. The first-order chi connectivity index (χ1) is 9.41. The van der Waals surface area contributed by atoms with Crippen molar-refractivity contribution in [3.8, 4) is 0 Å². The highest BCUT2D eigenvalue weighted by Crippen LogP contribution is 2.37. The van der Waals surface area contributed by atoms with E-state index in [-0.39, 0.29) is 5.60 Å². The SMILES string of the molecule is COC(C)(C)CCN1CC(CC(C)C)NCC1C1CC1. The molecule has 1 heterocycles. The molecule has 0 aromatic carbocycles. The molecule has 1 saturated carbocycles. The molecule has 118 valence electrons. The number of hydrogen-bond acceptors (Lipinski definition) is 3. The lowest BCUT2D eigenvalue weighted by atomic mass is 9.96. The number of ether oxygens (including phenoxy) is 1.